The summed E-state index contributed by atoms with van der Waals surface area (Å²) in [5.74, 6) is -0.417. The molecule has 1 fully saturated rings. The van der Waals surface area contributed by atoms with Crippen LogP contribution >= 0.6 is 0 Å². The fourth-order valence-electron chi connectivity index (χ4n) is 2.79. The first-order valence-corrected chi connectivity index (χ1v) is 6.46. The van der Waals surface area contributed by atoms with Crippen molar-refractivity contribution in [1.82, 2.24) is 0 Å². The number of carbonyl (C=O) groups excluding carboxylic acids is 2. The Morgan fingerprint density at radius 2 is 2.24 bits per heavy atom. The third-order valence-corrected chi connectivity index (χ3v) is 3.72. The second-order valence-corrected chi connectivity index (χ2v) is 4.57. The fourth-order valence-corrected chi connectivity index (χ4v) is 2.79. The van der Waals surface area contributed by atoms with E-state index in [2.05, 4.69) is 6.58 Å². The first kappa shape index (κ1) is 13.9. The molecular formula is C14H22O3. The van der Waals surface area contributed by atoms with Gasteiger partial charge in [0, 0.05) is 6.42 Å². The summed E-state index contributed by atoms with van der Waals surface area (Å²) in [5, 5.41) is 0. The quantitative estimate of drug-likeness (QED) is 0.420. The van der Waals surface area contributed by atoms with Crippen molar-refractivity contribution < 1.29 is 14.3 Å². The molecule has 2 unspecified atom stereocenters. The van der Waals surface area contributed by atoms with Crippen LogP contribution in [0.25, 0.3) is 0 Å². The van der Waals surface area contributed by atoms with Crippen molar-refractivity contribution in [1.29, 1.82) is 0 Å². The molecule has 0 saturated heterocycles. The number of Topliss-reactive ketones (excluding diaryl/α,β-unsaturated/α-hetero) is 1. The number of hydrogen-bond acceptors (Lipinski definition) is 3. The van der Waals surface area contributed by atoms with Crippen LogP contribution in [0.15, 0.2) is 12.7 Å². The summed E-state index contributed by atoms with van der Waals surface area (Å²) < 4.78 is 5.13. The topological polar surface area (TPSA) is 43.4 Å². The van der Waals surface area contributed by atoms with Gasteiger partial charge >= 0.3 is 5.97 Å². The zero-order valence-electron chi connectivity index (χ0n) is 10.8. The predicted molar refractivity (Wildman–Crippen MR) is 66.5 cm³/mol. The summed E-state index contributed by atoms with van der Waals surface area (Å²) >= 11 is 0. The van der Waals surface area contributed by atoms with E-state index in [1.165, 1.54) is 0 Å². The van der Waals surface area contributed by atoms with E-state index in [1.807, 2.05) is 6.92 Å². The maximum absolute atomic E-state index is 12.2. The first-order valence-electron chi connectivity index (χ1n) is 6.46. The Bertz CT molecular complexity index is 309. The molecule has 0 aromatic carbocycles. The number of rotatable bonds is 5. The van der Waals surface area contributed by atoms with Gasteiger partial charge in [-0.2, -0.15) is 0 Å². The minimum atomic E-state index is -0.954. The first-order chi connectivity index (χ1) is 8.13. The largest absolute Gasteiger partial charge is 0.465 e. The van der Waals surface area contributed by atoms with Crippen molar-refractivity contribution in [3.05, 3.63) is 12.7 Å². The highest BCUT2D eigenvalue weighted by Crippen LogP contribution is 2.43. The molecule has 1 aliphatic carbocycles. The SMILES string of the molecule is C=CC(CC)C1(C(=O)OCC)CCCCC1=O. The van der Waals surface area contributed by atoms with Crippen LogP contribution in [0.4, 0.5) is 0 Å². The number of allylic oxidation sites excluding steroid dienone is 1. The molecule has 1 rings (SSSR count). The number of ketones is 1. The van der Waals surface area contributed by atoms with E-state index in [-0.39, 0.29) is 17.7 Å². The van der Waals surface area contributed by atoms with Gasteiger partial charge in [-0.05, 0) is 32.1 Å². The highest BCUT2D eigenvalue weighted by atomic mass is 16.5. The number of esters is 1. The minimum absolute atomic E-state index is 0.0361. The van der Waals surface area contributed by atoms with Gasteiger partial charge in [0.15, 0.2) is 5.78 Å². The second kappa shape index (κ2) is 5.99. The normalized spacial score (nSPS) is 26.4. The summed E-state index contributed by atoms with van der Waals surface area (Å²) in [6.07, 6.45) is 5.37. The number of carbonyl (C=O) groups is 2. The standard InChI is InChI=1S/C14H22O3/c1-4-11(5-2)14(13(16)17-6-3)10-8-7-9-12(14)15/h4,11H,1,5-10H2,2-3H3. The Balaban J connectivity index is 3.09. The van der Waals surface area contributed by atoms with Gasteiger partial charge in [-0.25, -0.2) is 0 Å². The van der Waals surface area contributed by atoms with Crippen LogP contribution in [0.5, 0.6) is 0 Å². The Hall–Kier alpha value is -1.12. The molecule has 0 bridgehead atoms. The molecular weight excluding hydrogens is 216 g/mol. The fraction of sp³-hybridized carbons (Fsp3) is 0.714. The maximum Gasteiger partial charge on any atom is 0.320 e. The van der Waals surface area contributed by atoms with E-state index in [0.717, 1.165) is 19.3 Å². The maximum atomic E-state index is 12.2. The molecule has 96 valence electrons. The smallest absolute Gasteiger partial charge is 0.320 e. The van der Waals surface area contributed by atoms with Gasteiger partial charge in [0.2, 0.25) is 0 Å². The van der Waals surface area contributed by atoms with Crippen molar-refractivity contribution in [2.24, 2.45) is 11.3 Å². The van der Waals surface area contributed by atoms with Crippen LogP contribution in [-0.4, -0.2) is 18.4 Å². The lowest BCUT2D eigenvalue weighted by atomic mass is 9.64. The Labute approximate surface area is 103 Å². The molecule has 17 heavy (non-hydrogen) atoms. The van der Waals surface area contributed by atoms with Crippen LogP contribution in [0.2, 0.25) is 0 Å². The molecule has 0 N–H and O–H groups in total. The van der Waals surface area contributed by atoms with Gasteiger partial charge < -0.3 is 4.74 Å². The average molecular weight is 238 g/mol. The summed E-state index contributed by atoms with van der Waals surface area (Å²) in [6.45, 7) is 7.84. The van der Waals surface area contributed by atoms with Crippen molar-refractivity contribution in [2.75, 3.05) is 6.61 Å². The molecule has 0 aromatic rings. The summed E-state index contributed by atoms with van der Waals surface area (Å²) in [7, 11) is 0. The molecule has 0 amide bonds. The van der Waals surface area contributed by atoms with Crippen LogP contribution in [0, 0.1) is 11.3 Å². The molecule has 0 spiro atoms. The lowest BCUT2D eigenvalue weighted by molar-refractivity contribution is -0.165. The highest BCUT2D eigenvalue weighted by molar-refractivity contribution is 6.04. The van der Waals surface area contributed by atoms with E-state index in [9.17, 15) is 9.59 Å². The Morgan fingerprint density at radius 3 is 2.71 bits per heavy atom. The van der Waals surface area contributed by atoms with E-state index in [1.54, 1.807) is 13.0 Å². The number of ether oxygens (including phenoxy) is 1. The average Bonchev–Trinajstić information content (AvgIpc) is 2.33. The van der Waals surface area contributed by atoms with E-state index in [0.29, 0.717) is 19.4 Å². The molecule has 0 aromatic heterocycles. The lowest BCUT2D eigenvalue weighted by Crippen LogP contribution is -2.47. The van der Waals surface area contributed by atoms with Crippen LogP contribution in [0.3, 0.4) is 0 Å². The lowest BCUT2D eigenvalue weighted by Gasteiger charge is -2.38. The van der Waals surface area contributed by atoms with E-state index in [4.69, 9.17) is 4.74 Å². The summed E-state index contributed by atoms with van der Waals surface area (Å²) in [6, 6.07) is 0. The third kappa shape index (κ3) is 2.43. The minimum Gasteiger partial charge on any atom is -0.465 e. The molecule has 3 nitrogen and oxygen atoms in total. The predicted octanol–water partition coefficient (Wildman–Crippen LogP) is 2.89. The van der Waals surface area contributed by atoms with E-state index >= 15 is 0 Å². The Kier molecular flexibility index (Phi) is 4.91. The molecule has 0 heterocycles. The molecule has 0 radical (unpaired) electrons. The Morgan fingerprint density at radius 1 is 1.53 bits per heavy atom. The summed E-state index contributed by atoms with van der Waals surface area (Å²) in [4.78, 5) is 24.4. The molecule has 2 atom stereocenters. The van der Waals surface area contributed by atoms with Crippen molar-refractivity contribution in [2.45, 2.75) is 46.0 Å². The van der Waals surface area contributed by atoms with Crippen molar-refractivity contribution in [3.63, 3.8) is 0 Å². The van der Waals surface area contributed by atoms with Gasteiger partial charge in [0.05, 0.1) is 6.61 Å². The van der Waals surface area contributed by atoms with Crippen LogP contribution in [-0.2, 0) is 14.3 Å². The highest BCUT2D eigenvalue weighted by Gasteiger charge is 2.51. The zero-order chi connectivity index (χ0) is 12.9. The van der Waals surface area contributed by atoms with Crippen molar-refractivity contribution in [3.8, 4) is 0 Å². The third-order valence-electron chi connectivity index (χ3n) is 3.72. The molecule has 1 aliphatic rings. The summed E-state index contributed by atoms with van der Waals surface area (Å²) in [5.41, 5.74) is -0.954. The zero-order valence-corrected chi connectivity index (χ0v) is 10.8. The van der Waals surface area contributed by atoms with Gasteiger partial charge in [-0.1, -0.05) is 19.4 Å². The number of hydrogen-bond donors (Lipinski definition) is 0. The van der Waals surface area contributed by atoms with Gasteiger partial charge in [0.1, 0.15) is 5.41 Å². The van der Waals surface area contributed by atoms with E-state index < -0.39 is 5.41 Å². The molecule has 0 aliphatic heterocycles. The van der Waals surface area contributed by atoms with Crippen LogP contribution in [0.1, 0.15) is 46.0 Å². The molecule has 3 heteroatoms. The monoisotopic (exact) mass is 238 g/mol. The molecule has 1 saturated carbocycles. The van der Waals surface area contributed by atoms with Crippen molar-refractivity contribution >= 4 is 11.8 Å². The van der Waals surface area contributed by atoms with Gasteiger partial charge in [-0.15, -0.1) is 6.58 Å². The van der Waals surface area contributed by atoms with Gasteiger partial charge in [-0.3, -0.25) is 9.59 Å². The van der Waals surface area contributed by atoms with Crippen LogP contribution < -0.4 is 0 Å². The second-order valence-electron chi connectivity index (χ2n) is 4.57. The van der Waals surface area contributed by atoms with Gasteiger partial charge in [0.25, 0.3) is 0 Å².